The smallest absolute Gasteiger partial charge is 0.315 e. The van der Waals surface area contributed by atoms with Crippen molar-refractivity contribution in [2.24, 2.45) is 11.1 Å². The van der Waals surface area contributed by atoms with E-state index in [0.717, 1.165) is 0 Å². The van der Waals surface area contributed by atoms with Gasteiger partial charge in [-0.05, 0) is 48.9 Å². The van der Waals surface area contributed by atoms with Gasteiger partial charge in [-0.1, -0.05) is 35.3 Å². The molecule has 3 atom stereocenters. The molecule has 0 amide bonds. The first-order valence-electron chi connectivity index (χ1n) is 8.41. The molecule has 3 unspecified atom stereocenters. The minimum atomic E-state index is -3.85. The molecule has 0 heterocycles. The predicted molar refractivity (Wildman–Crippen MR) is 105 cm³/mol. The molecule has 0 bridgehead atoms. The highest BCUT2D eigenvalue weighted by Crippen LogP contribution is 2.64. The van der Waals surface area contributed by atoms with Crippen molar-refractivity contribution in [3.8, 4) is 0 Å². The van der Waals surface area contributed by atoms with Crippen molar-refractivity contribution in [1.82, 2.24) is 0 Å². The molecular formula is C19H19Cl2NO4S. The van der Waals surface area contributed by atoms with E-state index in [-0.39, 0.29) is 18.0 Å². The fourth-order valence-electron chi connectivity index (χ4n) is 3.61. The number of carbonyl (C=O) groups is 1. The summed E-state index contributed by atoms with van der Waals surface area (Å²) in [5, 5.41) is -0.0723. The minimum absolute atomic E-state index is 0.0930. The summed E-state index contributed by atoms with van der Waals surface area (Å²) in [4.78, 5) is 12.8. The van der Waals surface area contributed by atoms with Crippen LogP contribution >= 0.6 is 23.2 Å². The number of nitrogens with two attached hydrogens (primary N) is 1. The lowest BCUT2D eigenvalue weighted by atomic mass is 9.99. The third-order valence-electron chi connectivity index (χ3n) is 4.96. The topological polar surface area (TPSA) is 86.5 Å². The van der Waals surface area contributed by atoms with Gasteiger partial charge in [-0.3, -0.25) is 4.79 Å². The number of rotatable bonds is 6. The maximum Gasteiger partial charge on any atom is 0.315 e. The van der Waals surface area contributed by atoms with Crippen LogP contribution in [0.3, 0.4) is 0 Å². The van der Waals surface area contributed by atoms with Gasteiger partial charge < -0.3 is 10.5 Å². The number of sulfone groups is 1. The fraction of sp³-hybridized carbons (Fsp3) is 0.316. The predicted octanol–water partition coefficient (Wildman–Crippen LogP) is 3.44. The van der Waals surface area contributed by atoms with Gasteiger partial charge in [0.25, 0.3) is 0 Å². The van der Waals surface area contributed by atoms with Crippen LogP contribution in [0.4, 0.5) is 0 Å². The second-order valence-electron chi connectivity index (χ2n) is 6.41. The van der Waals surface area contributed by atoms with Crippen LogP contribution < -0.4 is 5.73 Å². The average Bonchev–Trinajstić information content (AvgIpc) is 3.34. The summed E-state index contributed by atoms with van der Waals surface area (Å²) >= 11 is 11.8. The van der Waals surface area contributed by atoms with Crippen LogP contribution in [0, 0.1) is 5.41 Å². The third-order valence-corrected chi connectivity index (χ3v) is 7.75. The summed E-state index contributed by atoms with van der Waals surface area (Å²) in [5.74, 6) is -1.21. The fourth-order valence-corrected chi connectivity index (χ4v) is 6.24. The Balaban J connectivity index is 2.10. The number of esters is 1. The number of hydrogen-bond acceptors (Lipinski definition) is 5. The quantitative estimate of drug-likeness (QED) is 0.713. The summed E-state index contributed by atoms with van der Waals surface area (Å²) in [6.45, 7) is 1.67. The Morgan fingerprint density at radius 1 is 1.07 bits per heavy atom. The van der Waals surface area contributed by atoms with Gasteiger partial charge in [0.15, 0.2) is 9.84 Å². The van der Waals surface area contributed by atoms with Crippen molar-refractivity contribution in [1.29, 1.82) is 0 Å². The van der Waals surface area contributed by atoms with E-state index in [1.807, 2.05) is 0 Å². The maximum atomic E-state index is 13.3. The molecule has 27 heavy (non-hydrogen) atoms. The molecule has 8 heteroatoms. The van der Waals surface area contributed by atoms with Crippen molar-refractivity contribution in [3.63, 3.8) is 0 Å². The van der Waals surface area contributed by atoms with Gasteiger partial charge in [-0.25, -0.2) is 8.42 Å². The first kappa shape index (κ1) is 20.1. The summed E-state index contributed by atoms with van der Waals surface area (Å²) in [6, 6.07) is 12.6. The van der Waals surface area contributed by atoms with Crippen LogP contribution in [-0.4, -0.2) is 32.8 Å². The Labute approximate surface area is 168 Å². The zero-order chi connectivity index (χ0) is 19.8. The molecule has 5 nitrogen and oxygen atoms in total. The zero-order valence-corrected chi connectivity index (χ0v) is 16.9. The molecule has 0 aliphatic heterocycles. The van der Waals surface area contributed by atoms with Gasteiger partial charge in [0, 0.05) is 22.5 Å². The van der Waals surface area contributed by atoms with Crippen LogP contribution in [0.5, 0.6) is 0 Å². The van der Waals surface area contributed by atoms with Crippen LogP contribution in [0.15, 0.2) is 53.4 Å². The average molecular weight is 428 g/mol. The van der Waals surface area contributed by atoms with Crippen molar-refractivity contribution < 1.29 is 17.9 Å². The number of hydrogen-bond donors (Lipinski definition) is 1. The molecule has 2 N–H and O–H groups in total. The van der Waals surface area contributed by atoms with Gasteiger partial charge in [-0.15, -0.1) is 0 Å². The van der Waals surface area contributed by atoms with E-state index < -0.39 is 32.4 Å². The van der Waals surface area contributed by atoms with Crippen molar-refractivity contribution in [2.45, 2.75) is 23.0 Å². The highest BCUT2D eigenvalue weighted by atomic mass is 35.5. The van der Waals surface area contributed by atoms with Gasteiger partial charge in [0.2, 0.25) is 0 Å². The van der Waals surface area contributed by atoms with Crippen molar-refractivity contribution in [3.05, 3.63) is 64.1 Å². The summed E-state index contributed by atoms with van der Waals surface area (Å²) < 4.78 is 31.8. The molecule has 1 fully saturated rings. The lowest BCUT2D eigenvalue weighted by Crippen LogP contribution is -2.33. The highest BCUT2D eigenvalue weighted by molar-refractivity contribution is 7.92. The molecule has 0 saturated heterocycles. The van der Waals surface area contributed by atoms with Crippen molar-refractivity contribution in [2.75, 3.05) is 13.2 Å². The molecule has 0 radical (unpaired) electrons. The summed E-state index contributed by atoms with van der Waals surface area (Å²) in [5.41, 5.74) is 5.28. The van der Waals surface area contributed by atoms with E-state index in [1.54, 1.807) is 31.2 Å². The molecule has 0 spiro atoms. The third kappa shape index (κ3) is 3.36. The van der Waals surface area contributed by atoms with Gasteiger partial charge in [0.05, 0.1) is 16.8 Å². The van der Waals surface area contributed by atoms with E-state index in [1.165, 1.54) is 24.3 Å². The minimum Gasteiger partial charge on any atom is -0.465 e. The molecule has 1 aliphatic rings. The molecule has 2 aromatic carbocycles. The monoisotopic (exact) mass is 427 g/mol. The number of halogens is 2. The molecule has 2 aromatic rings. The Hall–Kier alpha value is -1.60. The van der Waals surface area contributed by atoms with E-state index >= 15 is 0 Å². The second kappa shape index (κ2) is 7.43. The standard InChI is InChI=1S/C19H19Cl2NO4S/c1-2-26-18(23)19(11-22)16(12-3-5-13(20)6-4-12)17(19)27(24,25)15-9-7-14(21)8-10-15/h3-10,16-17H,2,11,22H2,1H3. The normalized spacial score (nSPS) is 24.4. The zero-order valence-electron chi connectivity index (χ0n) is 14.6. The van der Waals surface area contributed by atoms with Gasteiger partial charge in [0.1, 0.15) is 5.41 Å². The van der Waals surface area contributed by atoms with Crippen LogP contribution in [0.1, 0.15) is 18.4 Å². The van der Waals surface area contributed by atoms with E-state index in [9.17, 15) is 13.2 Å². The first-order valence-corrected chi connectivity index (χ1v) is 10.7. The lowest BCUT2D eigenvalue weighted by molar-refractivity contribution is -0.149. The second-order valence-corrected chi connectivity index (χ2v) is 9.36. The Bertz CT molecular complexity index is 945. The Morgan fingerprint density at radius 2 is 1.59 bits per heavy atom. The summed E-state index contributed by atoms with van der Waals surface area (Å²) in [6.07, 6.45) is 0. The molecule has 1 aliphatic carbocycles. The molecular weight excluding hydrogens is 409 g/mol. The van der Waals surface area contributed by atoms with Crippen LogP contribution in [-0.2, 0) is 19.4 Å². The van der Waals surface area contributed by atoms with Crippen LogP contribution in [0.2, 0.25) is 10.0 Å². The first-order chi connectivity index (χ1) is 12.8. The molecule has 144 valence electrons. The van der Waals surface area contributed by atoms with Crippen molar-refractivity contribution >= 4 is 39.0 Å². The largest absolute Gasteiger partial charge is 0.465 e. The molecule has 0 aromatic heterocycles. The number of carbonyl (C=O) groups excluding carboxylic acids is 1. The Kier molecular flexibility index (Phi) is 5.54. The maximum absolute atomic E-state index is 13.3. The molecule has 3 rings (SSSR count). The highest BCUT2D eigenvalue weighted by Gasteiger charge is 2.75. The summed E-state index contributed by atoms with van der Waals surface area (Å²) in [7, 11) is -3.85. The van der Waals surface area contributed by atoms with Gasteiger partial charge in [-0.2, -0.15) is 0 Å². The van der Waals surface area contributed by atoms with E-state index in [2.05, 4.69) is 0 Å². The molecule has 1 saturated carbocycles. The Morgan fingerprint density at radius 3 is 2.07 bits per heavy atom. The van der Waals surface area contributed by atoms with Gasteiger partial charge >= 0.3 is 5.97 Å². The number of benzene rings is 2. The lowest BCUT2D eigenvalue weighted by Gasteiger charge is -2.14. The van der Waals surface area contributed by atoms with E-state index in [4.69, 9.17) is 33.7 Å². The van der Waals surface area contributed by atoms with E-state index in [0.29, 0.717) is 15.6 Å². The SMILES string of the molecule is CCOC(=O)C1(CN)C(c2ccc(Cl)cc2)C1S(=O)(=O)c1ccc(Cl)cc1. The number of ether oxygens (including phenoxy) is 1. The van der Waals surface area contributed by atoms with Crippen LogP contribution in [0.25, 0.3) is 0 Å².